The number of Topliss-reactive ketones (excluding diaryl/α,β-unsaturated/α-hetero) is 1. The number of hydrogen-bond acceptors (Lipinski definition) is 1. The lowest BCUT2D eigenvalue weighted by atomic mass is 10.0. The zero-order valence-corrected chi connectivity index (χ0v) is 11.5. The minimum atomic E-state index is 0.129. The molecule has 1 aromatic heterocycles. The zero-order chi connectivity index (χ0) is 13.6. The molecule has 0 radical (unpaired) electrons. The van der Waals surface area contributed by atoms with Crippen LogP contribution in [-0.2, 0) is 6.54 Å². The van der Waals surface area contributed by atoms with Gasteiger partial charge in [0, 0.05) is 33.9 Å². The van der Waals surface area contributed by atoms with Crippen molar-refractivity contribution >= 4 is 27.6 Å². The smallest absolute Gasteiger partial charge is 0.160 e. The summed E-state index contributed by atoms with van der Waals surface area (Å²) >= 11 is 0. The van der Waals surface area contributed by atoms with Gasteiger partial charge in [0.25, 0.3) is 0 Å². The van der Waals surface area contributed by atoms with Crippen LogP contribution in [0.15, 0.2) is 36.4 Å². The molecule has 0 saturated carbocycles. The fourth-order valence-corrected chi connectivity index (χ4v) is 2.99. The molecule has 0 unspecified atom stereocenters. The Balaban J connectivity index is 2.65. The first kappa shape index (κ1) is 12.0. The van der Waals surface area contributed by atoms with Gasteiger partial charge in [0.2, 0.25) is 0 Å². The lowest BCUT2D eigenvalue weighted by molar-refractivity contribution is 0.101. The number of nitrogens with zero attached hydrogens (tertiary/aromatic N) is 1. The third-order valence-electron chi connectivity index (χ3n) is 3.82. The molecule has 3 aromatic rings. The Kier molecular flexibility index (Phi) is 2.67. The summed E-state index contributed by atoms with van der Waals surface area (Å²) in [5, 5.41) is 2.31. The molecule has 0 saturated heterocycles. The summed E-state index contributed by atoms with van der Waals surface area (Å²) in [6.07, 6.45) is 0. The number of hydrogen-bond donors (Lipinski definition) is 0. The first-order valence-corrected chi connectivity index (χ1v) is 6.66. The van der Waals surface area contributed by atoms with E-state index in [0.29, 0.717) is 0 Å². The molecule has 0 fully saturated rings. The molecule has 3 rings (SSSR count). The van der Waals surface area contributed by atoms with Crippen molar-refractivity contribution in [1.82, 2.24) is 4.57 Å². The molecular weight excluding hydrogens is 234 g/mol. The number of fused-ring (bicyclic) bond motifs is 3. The van der Waals surface area contributed by atoms with Gasteiger partial charge in [-0.1, -0.05) is 24.3 Å². The van der Waals surface area contributed by atoms with E-state index in [1.165, 1.54) is 16.5 Å². The van der Waals surface area contributed by atoms with Gasteiger partial charge in [0.15, 0.2) is 5.78 Å². The number of benzene rings is 2. The number of aromatic nitrogens is 1. The number of rotatable bonds is 2. The highest BCUT2D eigenvalue weighted by Crippen LogP contribution is 2.33. The van der Waals surface area contributed by atoms with Crippen molar-refractivity contribution in [2.45, 2.75) is 27.3 Å². The molecule has 0 aliphatic carbocycles. The molecule has 0 bridgehead atoms. The van der Waals surface area contributed by atoms with Gasteiger partial charge in [0.1, 0.15) is 0 Å². The largest absolute Gasteiger partial charge is 0.341 e. The third-order valence-corrected chi connectivity index (χ3v) is 3.82. The van der Waals surface area contributed by atoms with E-state index in [1.54, 1.807) is 6.92 Å². The Morgan fingerprint density at radius 3 is 2.32 bits per heavy atom. The Labute approximate surface area is 112 Å². The molecule has 1 heterocycles. The van der Waals surface area contributed by atoms with Gasteiger partial charge in [-0.2, -0.15) is 0 Å². The molecule has 96 valence electrons. The van der Waals surface area contributed by atoms with Crippen LogP contribution in [0.1, 0.15) is 29.8 Å². The van der Waals surface area contributed by atoms with Crippen molar-refractivity contribution in [3.63, 3.8) is 0 Å². The molecule has 2 aromatic carbocycles. The topological polar surface area (TPSA) is 22.0 Å². The van der Waals surface area contributed by atoms with Crippen LogP contribution in [0.3, 0.4) is 0 Å². The maximum absolute atomic E-state index is 11.9. The minimum Gasteiger partial charge on any atom is -0.341 e. The molecule has 2 nitrogen and oxygen atoms in total. The number of aryl methyl sites for hydroxylation is 2. The molecule has 2 heteroatoms. The number of ketones is 1. The SMILES string of the molecule is CCn1c2cccc(C)c2c2c(C(C)=O)cccc21. The average molecular weight is 251 g/mol. The minimum absolute atomic E-state index is 0.129. The lowest BCUT2D eigenvalue weighted by Crippen LogP contribution is -1.95. The van der Waals surface area contributed by atoms with E-state index >= 15 is 0 Å². The molecule has 0 N–H and O–H groups in total. The van der Waals surface area contributed by atoms with Crippen LogP contribution in [0.2, 0.25) is 0 Å². The van der Waals surface area contributed by atoms with Gasteiger partial charge < -0.3 is 4.57 Å². The average Bonchev–Trinajstić information content (AvgIpc) is 2.73. The van der Waals surface area contributed by atoms with Gasteiger partial charge in [-0.15, -0.1) is 0 Å². The maximum atomic E-state index is 11.9. The summed E-state index contributed by atoms with van der Waals surface area (Å²) < 4.78 is 2.28. The predicted molar refractivity (Wildman–Crippen MR) is 79.9 cm³/mol. The van der Waals surface area contributed by atoms with Crippen molar-refractivity contribution < 1.29 is 4.79 Å². The van der Waals surface area contributed by atoms with E-state index < -0.39 is 0 Å². The van der Waals surface area contributed by atoms with Crippen LogP contribution in [0, 0.1) is 6.92 Å². The zero-order valence-electron chi connectivity index (χ0n) is 11.5. The third kappa shape index (κ3) is 1.60. The van der Waals surface area contributed by atoms with Crippen LogP contribution >= 0.6 is 0 Å². The molecule has 0 spiro atoms. The van der Waals surface area contributed by atoms with Crippen molar-refractivity contribution in [3.8, 4) is 0 Å². The van der Waals surface area contributed by atoms with E-state index in [0.717, 1.165) is 23.0 Å². The Hall–Kier alpha value is -2.09. The fourth-order valence-electron chi connectivity index (χ4n) is 2.99. The van der Waals surface area contributed by atoms with Crippen LogP contribution in [-0.4, -0.2) is 10.4 Å². The Bertz CT molecular complexity index is 796. The summed E-state index contributed by atoms with van der Waals surface area (Å²) in [7, 11) is 0. The highest BCUT2D eigenvalue weighted by Gasteiger charge is 2.15. The molecule has 0 aliphatic heterocycles. The second-order valence-corrected chi connectivity index (χ2v) is 4.97. The van der Waals surface area contributed by atoms with Crippen LogP contribution in [0.25, 0.3) is 21.8 Å². The van der Waals surface area contributed by atoms with Crippen molar-refractivity contribution in [2.75, 3.05) is 0 Å². The monoisotopic (exact) mass is 251 g/mol. The van der Waals surface area contributed by atoms with E-state index in [9.17, 15) is 4.79 Å². The van der Waals surface area contributed by atoms with Crippen LogP contribution in [0.5, 0.6) is 0 Å². The normalized spacial score (nSPS) is 11.3. The first-order valence-electron chi connectivity index (χ1n) is 6.66. The highest BCUT2D eigenvalue weighted by atomic mass is 16.1. The summed E-state index contributed by atoms with van der Waals surface area (Å²) in [4.78, 5) is 11.9. The van der Waals surface area contributed by atoms with E-state index in [2.05, 4.69) is 42.7 Å². The summed E-state index contributed by atoms with van der Waals surface area (Å²) in [6.45, 7) is 6.80. The van der Waals surface area contributed by atoms with Crippen LogP contribution in [0.4, 0.5) is 0 Å². The Morgan fingerprint density at radius 2 is 1.68 bits per heavy atom. The van der Waals surface area contributed by atoms with Gasteiger partial charge >= 0.3 is 0 Å². The molecule has 19 heavy (non-hydrogen) atoms. The standard InChI is InChI=1S/C17H17NO/c1-4-18-14-9-5-7-11(2)16(14)17-13(12(3)19)8-6-10-15(17)18/h5-10H,4H2,1-3H3. The van der Waals surface area contributed by atoms with Gasteiger partial charge in [-0.25, -0.2) is 0 Å². The van der Waals surface area contributed by atoms with Crippen molar-refractivity contribution in [3.05, 3.63) is 47.5 Å². The van der Waals surface area contributed by atoms with E-state index in [1.807, 2.05) is 12.1 Å². The summed E-state index contributed by atoms with van der Waals surface area (Å²) in [6, 6.07) is 12.3. The van der Waals surface area contributed by atoms with E-state index in [4.69, 9.17) is 0 Å². The lowest BCUT2D eigenvalue weighted by Gasteiger charge is -2.03. The second kappa shape index (κ2) is 4.23. The highest BCUT2D eigenvalue weighted by molar-refractivity contribution is 6.19. The second-order valence-electron chi connectivity index (χ2n) is 4.97. The van der Waals surface area contributed by atoms with Gasteiger partial charge in [-0.05, 0) is 38.5 Å². The summed E-state index contributed by atoms with van der Waals surface area (Å²) in [5.41, 5.74) is 4.41. The number of carbonyl (C=O) groups excluding carboxylic acids is 1. The van der Waals surface area contributed by atoms with Crippen LogP contribution < -0.4 is 0 Å². The Morgan fingerprint density at radius 1 is 1.05 bits per heavy atom. The molecule has 0 atom stereocenters. The van der Waals surface area contributed by atoms with Crippen molar-refractivity contribution in [2.24, 2.45) is 0 Å². The molecule has 0 aliphatic rings. The fraction of sp³-hybridized carbons (Fsp3) is 0.235. The van der Waals surface area contributed by atoms with Gasteiger partial charge in [-0.3, -0.25) is 4.79 Å². The first-order chi connectivity index (χ1) is 9.15. The van der Waals surface area contributed by atoms with Gasteiger partial charge in [0.05, 0.1) is 0 Å². The van der Waals surface area contributed by atoms with E-state index in [-0.39, 0.29) is 5.78 Å². The predicted octanol–water partition coefficient (Wildman–Crippen LogP) is 4.33. The maximum Gasteiger partial charge on any atom is 0.160 e. The summed E-state index contributed by atoms with van der Waals surface area (Å²) in [5.74, 6) is 0.129. The van der Waals surface area contributed by atoms with Crippen molar-refractivity contribution in [1.29, 1.82) is 0 Å². The molecular formula is C17H17NO. The molecule has 0 amide bonds. The quantitative estimate of drug-likeness (QED) is 0.621. The number of carbonyl (C=O) groups is 1.